The Balaban J connectivity index is 3.27. The van der Waals surface area contributed by atoms with E-state index in [4.69, 9.17) is 10.5 Å². The first kappa shape index (κ1) is 11.8. The Morgan fingerprint density at radius 3 is 2.47 bits per heavy atom. The molecule has 4 nitrogen and oxygen atoms in total. The Morgan fingerprint density at radius 1 is 1.53 bits per heavy atom. The van der Waals surface area contributed by atoms with Gasteiger partial charge in [0.05, 0.1) is 17.7 Å². The van der Waals surface area contributed by atoms with Gasteiger partial charge in [-0.3, -0.25) is 4.79 Å². The van der Waals surface area contributed by atoms with Crippen molar-refractivity contribution >= 4 is 27.8 Å². The van der Waals surface area contributed by atoms with Crippen LogP contribution in [0.2, 0.25) is 0 Å². The van der Waals surface area contributed by atoms with Crippen LogP contribution in [-0.4, -0.2) is 27.0 Å². The number of anilines is 2. The standard InChI is InChI=1S/C10H16N2O2S/c1-5-6(13)9-7(11)8(14-4)10(15-9)12(2)3/h5,11H2,1-4H3. The first-order valence-electron chi connectivity index (χ1n) is 4.69. The highest BCUT2D eigenvalue weighted by atomic mass is 32.1. The van der Waals surface area contributed by atoms with Crippen LogP contribution in [0.5, 0.6) is 5.75 Å². The minimum Gasteiger partial charge on any atom is -0.492 e. The highest BCUT2D eigenvalue weighted by Crippen LogP contribution is 2.44. The summed E-state index contributed by atoms with van der Waals surface area (Å²) in [4.78, 5) is 14.1. The lowest BCUT2D eigenvalue weighted by molar-refractivity contribution is 0.0992. The van der Waals surface area contributed by atoms with Gasteiger partial charge in [0.15, 0.2) is 11.5 Å². The molecule has 0 fully saturated rings. The number of hydrogen-bond acceptors (Lipinski definition) is 5. The summed E-state index contributed by atoms with van der Waals surface area (Å²) in [7, 11) is 5.35. The number of methoxy groups -OCH3 is 1. The van der Waals surface area contributed by atoms with Gasteiger partial charge in [-0.25, -0.2) is 0 Å². The van der Waals surface area contributed by atoms with E-state index in [1.165, 1.54) is 11.3 Å². The molecule has 0 saturated carbocycles. The maximum absolute atomic E-state index is 11.6. The predicted molar refractivity (Wildman–Crippen MR) is 64.2 cm³/mol. The van der Waals surface area contributed by atoms with E-state index < -0.39 is 0 Å². The minimum absolute atomic E-state index is 0.0592. The van der Waals surface area contributed by atoms with Gasteiger partial charge in [0.1, 0.15) is 5.00 Å². The average molecular weight is 228 g/mol. The average Bonchev–Trinajstić information content (AvgIpc) is 2.54. The molecule has 5 heteroatoms. The zero-order valence-electron chi connectivity index (χ0n) is 9.46. The molecule has 2 N–H and O–H groups in total. The number of ketones is 1. The van der Waals surface area contributed by atoms with Crippen molar-refractivity contribution in [2.75, 3.05) is 31.8 Å². The van der Waals surface area contributed by atoms with Crippen molar-refractivity contribution in [3.8, 4) is 5.75 Å². The quantitative estimate of drug-likeness (QED) is 0.801. The molecular weight excluding hydrogens is 212 g/mol. The molecule has 0 amide bonds. The van der Waals surface area contributed by atoms with Crippen LogP contribution in [0.1, 0.15) is 23.0 Å². The Hall–Kier alpha value is -1.23. The van der Waals surface area contributed by atoms with Crippen LogP contribution in [0.25, 0.3) is 0 Å². The van der Waals surface area contributed by atoms with E-state index in [0.29, 0.717) is 22.7 Å². The van der Waals surface area contributed by atoms with Crippen molar-refractivity contribution in [3.05, 3.63) is 4.88 Å². The number of hydrogen-bond donors (Lipinski definition) is 1. The zero-order valence-corrected chi connectivity index (χ0v) is 10.3. The van der Waals surface area contributed by atoms with Gasteiger partial charge in [0.25, 0.3) is 0 Å². The third kappa shape index (κ3) is 2.07. The number of thiophene rings is 1. The Kier molecular flexibility index (Phi) is 3.57. The molecule has 0 bridgehead atoms. The maximum Gasteiger partial charge on any atom is 0.177 e. The summed E-state index contributed by atoms with van der Waals surface area (Å²) < 4.78 is 5.20. The molecule has 0 aliphatic carbocycles. The number of carbonyl (C=O) groups is 1. The molecule has 0 spiro atoms. The first-order chi connectivity index (χ1) is 7.02. The number of nitrogen functional groups attached to an aromatic ring is 1. The molecule has 1 rings (SSSR count). The normalized spacial score (nSPS) is 10.1. The first-order valence-corrected chi connectivity index (χ1v) is 5.51. The smallest absolute Gasteiger partial charge is 0.177 e. The molecule has 0 aliphatic heterocycles. The number of rotatable bonds is 4. The third-order valence-corrected chi connectivity index (χ3v) is 3.46. The lowest BCUT2D eigenvalue weighted by atomic mass is 10.2. The largest absolute Gasteiger partial charge is 0.492 e. The topological polar surface area (TPSA) is 55.6 Å². The second-order valence-corrected chi connectivity index (χ2v) is 4.35. The summed E-state index contributed by atoms with van der Waals surface area (Å²) >= 11 is 1.38. The van der Waals surface area contributed by atoms with Gasteiger partial charge in [-0.15, -0.1) is 11.3 Å². The van der Waals surface area contributed by atoms with Crippen LogP contribution < -0.4 is 15.4 Å². The number of nitrogens with two attached hydrogens (primary N) is 1. The zero-order chi connectivity index (χ0) is 11.6. The van der Waals surface area contributed by atoms with Crippen molar-refractivity contribution < 1.29 is 9.53 Å². The van der Waals surface area contributed by atoms with Crippen LogP contribution in [0, 0.1) is 0 Å². The van der Waals surface area contributed by atoms with Gasteiger partial charge in [0, 0.05) is 20.5 Å². The van der Waals surface area contributed by atoms with Gasteiger partial charge in [0.2, 0.25) is 0 Å². The molecule has 0 saturated heterocycles. The molecule has 15 heavy (non-hydrogen) atoms. The van der Waals surface area contributed by atoms with Crippen LogP contribution in [0.3, 0.4) is 0 Å². The van der Waals surface area contributed by atoms with E-state index >= 15 is 0 Å². The molecular formula is C10H16N2O2S. The van der Waals surface area contributed by atoms with E-state index in [-0.39, 0.29) is 5.78 Å². The number of nitrogens with zero attached hydrogens (tertiary/aromatic N) is 1. The van der Waals surface area contributed by atoms with Crippen molar-refractivity contribution in [2.45, 2.75) is 13.3 Å². The molecule has 84 valence electrons. The minimum atomic E-state index is 0.0592. The fourth-order valence-corrected chi connectivity index (χ4v) is 2.40. The Bertz CT molecular complexity index is 372. The van der Waals surface area contributed by atoms with E-state index in [0.717, 1.165) is 5.00 Å². The van der Waals surface area contributed by atoms with E-state index in [1.54, 1.807) is 7.11 Å². The van der Waals surface area contributed by atoms with Gasteiger partial charge in [-0.05, 0) is 0 Å². The fourth-order valence-electron chi connectivity index (χ4n) is 1.28. The summed E-state index contributed by atoms with van der Waals surface area (Å²) in [6.45, 7) is 1.82. The van der Waals surface area contributed by atoms with Crippen LogP contribution in [0.15, 0.2) is 0 Å². The van der Waals surface area contributed by atoms with E-state index in [9.17, 15) is 4.79 Å². The molecule has 1 aromatic rings. The number of ether oxygens (including phenoxy) is 1. The van der Waals surface area contributed by atoms with Crippen molar-refractivity contribution in [1.29, 1.82) is 0 Å². The monoisotopic (exact) mass is 228 g/mol. The fraction of sp³-hybridized carbons (Fsp3) is 0.500. The van der Waals surface area contributed by atoms with Crippen LogP contribution in [-0.2, 0) is 0 Å². The van der Waals surface area contributed by atoms with E-state index in [1.807, 2.05) is 25.9 Å². The maximum atomic E-state index is 11.6. The molecule has 0 radical (unpaired) electrons. The summed E-state index contributed by atoms with van der Waals surface area (Å²) in [5, 5.41) is 0.881. The van der Waals surface area contributed by atoms with Gasteiger partial charge in [-0.2, -0.15) is 0 Å². The van der Waals surface area contributed by atoms with Gasteiger partial charge < -0.3 is 15.4 Å². The third-order valence-electron chi connectivity index (χ3n) is 2.07. The second kappa shape index (κ2) is 4.53. The molecule has 0 unspecified atom stereocenters. The lowest BCUT2D eigenvalue weighted by Gasteiger charge is -2.11. The molecule has 1 heterocycles. The van der Waals surface area contributed by atoms with Crippen molar-refractivity contribution in [3.63, 3.8) is 0 Å². The summed E-state index contributed by atoms with van der Waals surface area (Å²) in [5.41, 5.74) is 6.32. The molecule has 1 aromatic heterocycles. The summed E-state index contributed by atoms with van der Waals surface area (Å²) in [6.07, 6.45) is 0.459. The van der Waals surface area contributed by atoms with Crippen LogP contribution >= 0.6 is 11.3 Å². The van der Waals surface area contributed by atoms with Crippen molar-refractivity contribution in [2.24, 2.45) is 0 Å². The van der Waals surface area contributed by atoms with Crippen molar-refractivity contribution in [1.82, 2.24) is 0 Å². The Morgan fingerprint density at radius 2 is 2.13 bits per heavy atom. The second-order valence-electron chi connectivity index (χ2n) is 3.35. The number of Topliss-reactive ketones (excluding diaryl/α,β-unsaturated/α-hetero) is 1. The summed E-state index contributed by atoms with van der Waals surface area (Å²) in [5.74, 6) is 0.658. The van der Waals surface area contributed by atoms with Gasteiger partial charge >= 0.3 is 0 Å². The molecule has 0 aliphatic rings. The van der Waals surface area contributed by atoms with E-state index in [2.05, 4.69) is 0 Å². The van der Waals surface area contributed by atoms with Crippen LogP contribution in [0.4, 0.5) is 10.7 Å². The number of carbonyl (C=O) groups excluding carboxylic acids is 1. The summed E-state index contributed by atoms with van der Waals surface area (Å²) in [6, 6.07) is 0. The lowest BCUT2D eigenvalue weighted by Crippen LogP contribution is -2.07. The highest BCUT2D eigenvalue weighted by molar-refractivity contribution is 7.19. The molecule has 0 atom stereocenters. The Labute approximate surface area is 93.6 Å². The van der Waals surface area contributed by atoms with Gasteiger partial charge in [-0.1, -0.05) is 6.92 Å². The predicted octanol–water partition coefficient (Wildman–Crippen LogP) is 2.00. The molecule has 0 aromatic carbocycles. The SMILES string of the molecule is CCC(=O)c1sc(N(C)C)c(OC)c1N. The highest BCUT2D eigenvalue weighted by Gasteiger charge is 2.21.